The monoisotopic (exact) mass is 791 g/mol. The summed E-state index contributed by atoms with van der Waals surface area (Å²) in [6.45, 7) is 7.48. The number of morpholine rings is 1. The molecule has 1 aliphatic carbocycles. The van der Waals surface area contributed by atoms with E-state index in [-0.39, 0.29) is 23.3 Å². The fourth-order valence-electron chi connectivity index (χ4n) is 8.26. The van der Waals surface area contributed by atoms with Gasteiger partial charge in [-0.3, -0.25) is 19.2 Å². The first kappa shape index (κ1) is 39.6. The summed E-state index contributed by atoms with van der Waals surface area (Å²) in [6.07, 6.45) is 11.3. The Labute approximate surface area is 330 Å². The van der Waals surface area contributed by atoms with Gasteiger partial charge in [-0.2, -0.15) is 0 Å². The number of hydrogen-bond donors (Lipinski definition) is 1. The number of nitrogens with one attached hydrogen (secondary N) is 1. The number of allylic oxidation sites excluding steroid dienone is 1. The molecule has 1 aromatic heterocycles. The number of methoxy groups -OCH3 is 1. The van der Waals surface area contributed by atoms with E-state index >= 15 is 0 Å². The Hall–Kier alpha value is -3.68. The molecule has 4 aliphatic rings. The molecular formula is C42H54ClN5O6S. The number of rotatable bonds is 5. The summed E-state index contributed by atoms with van der Waals surface area (Å²) in [5.74, 6) is 0.0442. The lowest BCUT2D eigenvalue weighted by Crippen LogP contribution is -2.43. The predicted octanol–water partition coefficient (Wildman–Crippen LogP) is 6.82. The molecule has 3 aromatic rings. The maximum Gasteiger partial charge on any atom is 0.286 e. The molecule has 1 unspecified atom stereocenters. The number of halogens is 1. The molecule has 4 heterocycles. The first-order valence-corrected chi connectivity index (χ1v) is 21.7. The highest BCUT2D eigenvalue weighted by atomic mass is 35.5. The van der Waals surface area contributed by atoms with Gasteiger partial charge in [0.2, 0.25) is 0 Å². The highest BCUT2D eigenvalue weighted by Gasteiger charge is 2.38. The predicted molar refractivity (Wildman–Crippen MR) is 216 cm³/mol. The van der Waals surface area contributed by atoms with E-state index in [0.717, 1.165) is 63.1 Å². The lowest BCUT2D eigenvalue weighted by molar-refractivity contribution is 0.0133. The average molecular weight is 792 g/mol. The zero-order valence-electron chi connectivity index (χ0n) is 32.2. The van der Waals surface area contributed by atoms with Gasteiger partial charge in [0.15, 0.2) is 0 Å². The van der Waals surface area contributed by atoms with Crippen molar-refractivity contribution in [3.05, 3.63) is 93.8 Å². The number of carbonyl (C=O) groups is 2. The molecular weight excluding hydrogens is 738 g/mol. The molecule has 5 atom stereocenters. The summed E-state index contributed by atoms with van der Waals surface area (Å²) in [6, 6.07) is 13.3. The standard InChI is InChI=1S/C42H54ClN5O6S/c1-29-7-6-9-39(52-3)37-14-11-33(37)26-48-25-32-10-13-35(43)21-30(32)8-4-5-18-54-40-15-12-31(23-38(40)48)41(49)44-55(51,28-29)45-42(50)34-22-36(46(2)24-34)27-47-16-19-53-20-17-47/h6,9-10,12-13,15,21-24,29,33,37,39H,4-5,7-8,11,14,16-20,25-28H2,1-3H3,(H,44,45,49,50,51)/b9-6+/t29-,33-,37+,39-,55?/m0/s1. The van der Waals surface area contributed by atoms with Crippen LogP contribution in [0.2, 0.25) is 5.02 Å². The van der Waals surface area contributed by atoms with Gasteiger partial charge < -0.3 is 23.7 Å². The van der Waals surface area contributed by atoms with E-state index in [1.54, 1.807) is 19.4 Å². The fraction of sp³-hybridized carbons (Fsp3) is 0.524. The molecule has 0 spiro atoms. The van der Waals surface area contributed by atoms with Crippen molar-refractivity contribution in [2.75, 3.05) is 57.2 Å². The first-order valence-electron chi connectivity index (χ1n) is 19.6. The second-order valence-electron chi connectivity index (χ2n) is 15.6. The van der Waals surface area contributed by atoms with Crippen molar-refractivity contribution >= 4 is 39.0 Å². The molecule has 11 nitrogen and oxygen atoms in total. The van der Waals surface area contributed by atoms with Gasteiger partial charge in [0.05, 0.1) is 42.9 Å². The van der Waals surface area contributed by atoms with Crippen molar-refractivity contribution in [2.24, 2.45) is 29.2 Å². The summed E-state index contributed by atoms with van der Waals surface area (Å²) in [5.41, 5.74) is 4.78. The number of carbonyl (C=O) groups excluding carboxylic acids is 2. The van der Waals surface area contributed by atoms with Crippen LogP contribution in [0.4, 0.5) is 5.69 Å². The van der Waals surface area contributed by atoms with Gasteiger partial charge in [0, 0.05) is 69.4 Å². The zero-order chi connectivity index (χ0) is 38.5. The van der Waals surface area contributed by atoms with Crippen LogP contribution in [0.15, 0.2) is 65.2 Å². The molecule has 13 heteroatoms. The van der Waals surface area contributed by atoms with E-state index in [1.807, 2.05) is 42.8 Å². The third-order valence-electron chi connectivity index (χ3n) is 11.5. The summed E-state index contributed by atoms with van der Waals surface area (Å²) >= 11 is 6.49. The number of ether oxygens (including phenoxy) is 3. The van der Waals surface area contributed by atoms with Gasteiger partial charge in [-0.15, -0.1) is 4.36 Å². The molecule has 1 saturated carbocycles. The summed E-state index contributed by atoms with van der Waals surface area (Å²) in [7, 11) is 0.0968. The van der Waals surface area contributed by atoms with Crippen LogP contribution >= 0.6 is 11.6 Å². The van der Waals surface area contributed by atoms with Crippen LogP contribution < -0.4 is 14.4 Å². The molecule has 1 N–H and O–H groups in total. The Morgan fingerprint density at radius 3 is 2.69 bits per heavy atom. The van der Waals surface area contributed by atoms with Gasteiger partial charge in [0.1, 0.15) is 15.7 Å². The second kappa shape index (κ2) is 17.6. The minimum atomic E-state index is -3.56. The van der Waals surface area contributed by atoms with Gasteiger partial charge in [-0.25, -0.2) is 4.21 Å². The third-order valence-corrected chi connectivity index (χ3v) is 13.7. The maximum atomic E-state index is 14.8. The number of hydrogen-bond acceptors (Lipinski definition) is 8. The van der Waals surface area contributed by atoms with E-state index in [4.69, 9.17) is 25.8 Å². The fourth-order valence-corrected chi connectivity index (χ4v) is 10.3. The Bertz CT molecular complexity index is 2020. The van der Waals surface area contributed by atoms with E-state index in [2.05, 4.69) is 43.2 Å². The first-order chi connectivity index (χ1) is 26.6. The number of amides is 2. The molecule has 55 heavy (non-hydrogen) atoms. The van der Waals surface area contributed by atoms with Crippen LogP contribution in [0, 0.1) is 17.8 Å². The van der Waals surface area contributed by atoms with E-state index in [1.165, 1.54) is 11.1 Å². The van der Waals surface area contributed by atoms with Crippen molar-refractivity contribution in [1.29, 1.82) is 0 Å². The van der Waals surface area contributed by atoms with Crippen LogP contribution in [0.25, 0.3) is 0 Å². The van der Waals surface area contributed by atoms with Gasteiger partial charge in [-0.05, 0) is 104 Å². The minimum Gasteiger partial charge on any atom is -0.491 e. The summed E-state index contributed by atoms with van der Waals surface area (Å²) in [5, 5.41) is 0.715. The number of anilines is 1. The van der Waals surface area contributed by atoms with Crippen molar-refractivity contribution in [2.45, 2.75) is 64.6 Å². The molecule has 2 fully saturated rings. The van der Waals surface area contributed by atoms with E-state index in [9.17, 15) is 13.8 Å². The normalized spacial score (nSPS) is 27.3. The molecule has 3 aliphatic heterocycles. The van der Waals surface area contributed by atoms with E-state index in [0.29, 0.717) is 67.5 Å². The molecule has 1 saturated heterocycles. The van der Waals surface area contributed by atoms with Crippen LogP contribution in [-0.2, 0) is 45.9 Å². The number of benzene rings is 2. The van der Waals surface area contributed by atoms with Crippen molar-refractivity contribution < 1.29 is 28.0 Å². The third kappa shape index (κ3) is 9.65. The van der Waals surface area contributed by atoms with Crippen molar-refractivity contribution in [3.63, 3.8) is 0 Å². The van der Waals surface area contributed by atoms with Gasteiger partial charge in [-0.1, -0.05) is 36.7 Å². The summed E-state index contributed by atoms with van der Waals surface area (Å²) in [4.78, 5) is 32.6. The Balaban J connectivity index is 1.26. The van der Waals surface area contributed by atoms with E-state index < -0.39 is 21.7 Å². The molecule has 2 aromatic carbocycles. The molecule has 2 bridgehead atoms. The largest absolute Gasteiger partial charge is 0.491 e. The topological polar surface area (TPSA) is 115 Å². The second-order valence-corrected chi connectivity index (χ2v) is 18.0. The lowest BCUT2D eigenvalue weighted by Gasteiger charge is -2.43. The van der Waals surface area contributed by atoms with Crippen LogP contribution in [0.5, 0.6) is 5.75 Å². The van der Waals surface area contributed by atoms with Gasteiger partial charge >= 0.3 is 0 Å². The van der Waals surface area contributed by atoms with Crippen molar-refractivity contribution in [3.8, 4) is 5.75 Å². The van der Waals surface area contributed by atoms with Crippen molar-refractivity contribution in [1.82, 2.24) is 14.2 Å². The molecule has 0 radical (unpaired) electrons. The quantitative estimate of drug-likeness (QED) is 0.280. The lowest BCUT2D eigenvalue weighted by atomic mass is 9.70. The number of aromatic nitrogens is 1. The number of fused-ring (bicyclic) bond motifs is 3. The zero-order valence-corrected chi connectivity index (χ0v) is 33.8. The minimum absolute atomic E-state index is 0.00547. The number of nitrogens with zero attached hydrogens (tertiary/aromatic N) is 4. The Morgan fingerprint density at radius 2 is 1.91 bits per heavy atom. The Kier molecular flexibility index (Phi) is 12.7. The van der Waals surface area contributed by atoms with Crippen LogP contribution in [0.3, 0.4) is 0 Å². The average Bonchev–Trinajstić information content (AvgIpc) is 3.51. The Morgan fingerprint density at radius 1 is 1.07 bits per heavy atom. The smallest absolute Gasteiger partial charge is 0.286 e. The highest BCUT2D eigenvalue weighted by Crippen LogP contribution is 2.42. The maximum absolute atomic E-state index is 14.8. The molecule has 7 rings (SSSR count). The molecule has 2 amide bonds. The van der Waals surface area contributed by atoms with Gasteiger partial charge in [0.25, 0.3) is 11.8 Å². The summed E-state index contributed by atoms with van der Waals surface area (Å²) < 4.78 is 41.8. The van der Waals surface area contributed by atoms with Crippen LogP contribution in [-0.4, -0.2) is 83.9 Å². The number of aryl methyl sites for hydroxylation is 2. The molecule has 296 valence electrons. The SMILES string of the molecule is CO[C@H]1/C=C/C[C@H](C)CS(=O)(NC(=O)c2cc(CN3CCOCC3)n(C)c2)=NC(=O)c2ccc3c(c2)N(Cc2ccc(Cl)cc2CCCCO3)C[C@@H]2CC[C@H]21. The highest BCUT2D eigenvalue weighted by molar-refractivity contribution is 7.92. The van der Waals surface area contributed by atoms with Crippen LogP contribution in [0.1, 0.15) is 76.6 Å².